The number of aromatic nitrogens is 1. The van der Waals surface area contributed by atoms with Crippen molar-refractivity contribution in [3.8, 4) is 0 Å². The van der Waals surface area contributed by atoms with Gasteiger partial charge in [0.05, 0.1) is 15.7 Å². The van der Waals surface area contributed by atoms with E-state index in [1.54, 1.807) is 17.8 Å². The third-order valence-corrected chi connectivity index (χ3v) is 7.37. The fourth-order valence-corrected chi connectivity index (χ4v) is 5.01. The van der Waals surface area contributed by atoms with Gasteiger partial charge in [-0.3, -0.25) is 9.79 Å². The minimum Gasteiger partial charge on any atom is -0.363 e. The molecule has 1 aromatic heterocycles. The van der Waals surface area contributed by atoms with Crippen LogP contribution in [0.1, 0.15) is 31.4 Å². The van der Waals surface area contributed by atoms with E-state index < -0.39 is 0 Å². The topological polar surface area (TPSA) is 57.6 Å². The van der Waals surface area contributed by atoms with E-state index >= 15 is 0 Å². The van der Waals surface area contributed by atoms with Gasteiger partial charge in [0, 0.05) is 49.1 Å². The molecule has 0 radical (unpaired) electrons. The number of carbonyl (C=O) groups is 1. The molecule has 1 heterocycles. The normalized spacial score (nSPS) is 12.9. The first-order chi connectivity index (χ1) is 16.1. The number of thioether (sulfide) groups is 1. The minimum absolute atomic E-state index is 0.0800. The Hall–Kier alpha value is -1.43. The second-order valence-corrected chi connectivity index (χ2v) is 11.1. The molecule has 1 aromatic carbocycles. The van der Waals surface area contributed by atoms with Crippen LogP contribution in [0.25, 0.3) is 5.70 Å². The van der Waals surface area contributed by atoms with Crippen molar-refractivity contribution >= 4 is 68.0 Å². The van der Waals surface area contributed by atoms with Crippen LogP contribution in [0.2, 0.25) is 10.0 Å². The van der Waals surface area contributed by atoms with Crippen LogP contribution in [-0.4, -0.2) is 43.7 Å². The Morgan fingerprint density at radius 2 is 1.97 bits per heavy atom. The van der Waals surface area contributed by atoms with Crippen LogP contribution in [0.5, 0.6) is 0 Å². The maximum Gasteiger partial charge on any atom is 0.152 e. The van der Waals surface area contributed by atoms with Crippen LogP contribution < -0.4 is 10.2 Å². The van der Waals surface area contributed by atoms with Crippen molar-refractivity contribution in [1.82, 2.24) is 10.3 Å². The molecule has 0 saturated carbocycles. The zero-order valence-electron chi connectivity index (χ0n) is 20.1. The third kappa shape index (κ3) is 8.98. The Labute approximate surface area is 220 Å². The first-order valence-electron chi connectivity index (χ1n) is 11.0. The second-order valence-electron chi connectivity index (χ2n) is 8.62. The predicted molar refractivity (Wildman–Crippen MR) is 153 cm³/mol. The van der Waals surface area contributed by atoms with Crippen molar-refractivity contribution < 1.29 is 4.79 Å². The highest BCUT2D eigenvalue weighted by Crippen LogP contribution is 2.34. The molecule has 0 aliphatic carbocycles. The van der Waals surface area contributed by atoms with E-state index in [0.29, 0.717) is 34.8 Å². The Morgan fingerprint density at radius 1 is 1.24 bits per heavy atom. The number of rotatable bonds is 13. The summed E-state index contributed by atoms with van der Waals surface area (Å²) < 4.78 is 0. The number of anilines is 1. The van der Waals surface area contributed by atoms with E-state index in [-0.39, 0.29) is 11.4 Å². The number of benzene rings is 1. The molecule has 34 heavy (non-hydrogen) atoms. The van der Waals surface area contributed by atoms with E-state index in [4.69, 9.17) is 23.2 Å². The summed E-state index contributed by atoms with van der Waals surface area (Å²) in [6.45, 7) is 8.70. The van der Waals surface area contributed by atoms with Crippen LogP contribution in [0.15, 0.2) is 46.4 Å². The zero-order valence-corrected chi connectivity index (χ0v) is 23.6. The molecule has 0 saturated heterocycles. The molecule has 0 aliphatic heterocycles. The molecule has 9 heteroatoms. The van der Waals surface area contributed by atoms with Crippen molar-refractivity contribution in [3.63, 3.8) is 0 Å². The summed E-state index contributed by atoms with van der Waals surface area (Å²) in [5.74, 6) is 1.84. The largest absolute Gasteiger partial charge is 0.363 e. The highest BCUT2D eigenvalue weighted by Gasteiger charge is 2.17. The van der Waals surface area contributed by atoms with Crippen molar-refractivity contribution in [2.24, 2.45) is 16.8 Å². The van der Waals surface area contributed by atoms with Crippen molar-refractivity contribution in [2.75, 3.05) is 31.4 Å². The van der Waals surface area contributed by atoms with Crippen molar-refractivity contribution in [2.45, 2.75) is 26.7 Å². The van der Waals surface area contributed by atoms with Crippen LogP contribution in [0.3, 0.4) is 0 Å². The SMILES string of the molecule is C=N/C(=C(/CC(C)C)SCNCC(Cc1ccc(N(C)C)nc1)C(=O)P)c1ccc(Cl)c(Cl)c1. The van der Waals surface area contributed by atoms with Gasteiger partial charge in [-0.15, -0.1) is 11.8 Å². The molecule has 2 unspecified atom stereocenters. The average molecular weight is 540 g/mol. The molecule has 0 bridgehead atoms. The molecule has 0 fully saturated rings. The molecule has 184 valence electrons. The number of nitrogens with one attached hydrogen (secondary N) is 1. The van der Waals surface area contributed by atoms with Gasteiger partial charge in [-0.25, -0.2) is 4.98 Å². The van der Waals surface area contributed by atoms with Gasteiger partial charge in [-0.2, -0.15) is 0 Å². The molecule has 5 nitrogen and oxygen atoms in total. The summed E-state index contributed by atoms with van der Waals surface area (Å²) in [5.41, 5.74) is 2.82. The van der Waals surface area contributed by atoms with E-state index in [2.05, 4.69) is 45.1 Å². The van der Waals surface area contributed by atoms with Crippen LogP contribution in [-0.2, 0) is 11.2 Å². The zero-order chi connectivity index (χ0) is 25.3. The van der Waals surface area contributed by atoms with Gasteiger partial charge in [-0.05, 0) is 49.2 Å². The van der Waals surface area contributed by atoms with Gasteiger partial charge >= 0.3 is 0 Å². The predicted octanol–water partition coefficient (Wildman–Crippen LogP) is 6.41. The van der Waals surface area contributed by atoms with Crippen LogP contribution >= 0.6 is 44.2 Å². The molecule has 0 spiro atoms. The first kappa shape index (κ1) is 28.8. The number of carbonyl (C=O) groups excluding carboxylic acids is 1. The number of halogens is 2. The van der Waals surface area contributed by atoms with E-state index in [1.807, 2.05) is 49.5 Å². The molecule has 2 rings (SSSR count). The molecule has 0 amide bonds. The van der Waals surface area contributed by atoms with E-state index in [1.165, 1.54) is 0 Å². The van der Waals surface area contributed by atoms with Gasteiger partial charge < -0.3 is 10.2 Å². The summed E-state index contributed by atoms with van der Waals surface area (Å²) in [6.07, 6.45) is 3.34. The van der Waals surface area contributed by atoms with E-state index in [0.717, 1.165) is 34.0 Å². The van der Waals surface area contributed by atoms with Gasteiger partial charge in [0.2, 0.25) is 0 Å². The highest BCUT2D eigenvalue weighted by atomic mass is 35.5. The lowest BCUT2D eigenvalue weighted by molar-refractivity contribution is -0.114. The summed E-state index contributed by atoms with van der Waals surface area (Å²) in [5, 5.41) is 4.42. The highest BCUT2D eigenvalue weighted by molar-refractivity contribution is 8.03. The van der Waals surface area contributed by atoms with Gasteiger partial charge in [0.1, 0.15) is 5.82 Å². The smallest absolute Gasteiger partial charge is 0.152 e. The molecule has 1 N–H and O–H groups in total. The standard InChI is InChI=1S/C25H33Cl2N4OPS/c1-16(2)10-22(24(28-3)18-7-8-20(26)21(27)12-18)34-15-29-14-19(25(32)33)11-17-6-9-23(30-13-17)31(4)5/h6-9,12-13,16,19,29H,3,10-11,14-15,33H2,1-2,4-5H3/b24-22-. The summed E-state index contributed by atoms with van der Waals surface area (Å²) >= 11 is 14.0. The van der Waals surface area contributed by atoms with Crippen molar-refractivity contribution in [3.05, 3.63) is 62.6 Å². The Kier molecular flexibility index (Phi) is 12.0. The number of hydrogen-bond acceptors (Lipinski definition) is 6. The van der Waals surface area contributed by atoms with Gasteiger partial charge in [-0.1, -0.05) is 58.4 Å². The quantitative estimate of drug-likeness (QED) is 0.138. The van der Waals surface area contributed by atoms with Crippen LogP contribution in [0, 0.1) is 11.8 Å². The third-order valence-electron chi connectivity index (χ3n) is 5.10. The Bertz CT molecular complexity index is 1010. The molecule has 2 aromatic rings. The summed E-state index contributed by atoms with van der Waals surface area (Å²) in [6, 6.07) is 9.50. The monoisotopic (exact) mass is 538 g/mol. The molecule has 2 atom stereocenters. The summed E-state index contributed by atoms with van der Waals surface area (Å²) in [4.78, 5) is 24.1. The molecule has 0 aliphatic rings. The lowest BCUT2D eigenvalue weighted by atomic mass is 10.0. The second kappa shape index (κ2) is 14.2. The number of nitrogens with zero attached hydrogens (tertiary/aromatic N) is 3. The lowest BCUT2D eigenvalue weighted by Gasteiger charge is -2.18. The minimum atomic E-state index is -0.151. The number of allylic oxidation sites excluding steroid dienone is 1. The van der Waals surface area contributed by atoms with Crippen molar-refractivity contribution in [1.29, 1.82) is 0 Å². The van der Waals surface area contributed by atoms with Gasteiger partial charge in [0.25, 0.3) is 0 Å². The van der Waals surface area contributed by atoms with E-state index in [9.17, 15) is 4.79 Å². The fourth-order valence-electron chi connectivity index (χ4n) is 3.31. The number of aliphatic imine (C=N–C) groups is 1. The number of pyridine rings is 1. The molecular weight excluding hydrogens is 506 g/mol. The summed E-state index contributed by atoms with van der Waals surface area (Å²) in [7, 11) is 6.23. The lowest BCUT2D eigenvalue weighted by Crippen LogP contribution is -2.28. The Morgan fingerprint density at radius 3 is 2.50 bits per heavy atom. The van der Waals surface area contributed by atoms with Gasteiger partial charge in [0.15, 0.2) is 5.52 Å². The maximum absolute atomic E-state index is 12.2. The molecular formula is C25H33Cl2N4OPS. The first-order valence-corrected chi connectivity index (χ1v) is 13.3. The number of hydrogen-bond donors (Lipinski definition) is 1. The van der Waals surface area contributed by atoms with Crippen LogP contribution in [0.4, 0.5) is 5.82 Å². The Balaban J connectivity index is 2.06. The fraction of sp³-hybridized carbons (Fsp3) is 0.400. The average Bonchev–Trinajstić information content (AvgIpc) is 2.78. The maximum atomic E-state index is 12.2.